The Morgan fingerprint density at radius 3 is 2.24 bits per heavy atom. The topological polar surface area (TPSA) is 78.8 Å². The molecule has 2 rings (SSSR count). The van der Waals surface area contributed by atoms with Crippen molar-refractivity contribution in [1.82, 2.24) is 5.43 Å². The van der Waals surface area contributed by atoms with E-state index in [4.69, 9.17) is 0 Å². The van der Waals surface area contributed by atoms with Gasteiger partial charge in [0.2, 0.25) is 10.0 Å². The number of nitrogens with zero attached hydrogens (tertiary/aromatic N) is 2. The molecule has 2 aromatic carbocycles. The molecule has 0 unspecified atom stereocenters. The Morgan fingerprint density at radius 2 is 1.69 bits per heavy atom. The number of amides is 1. The van der Waals surface area contributed by atoms with Gasteiger partial charge in [0.1, 0.15) is 6.54 Å². The Hall–Kier alpha value is -2.67. The Kier molecular flexibility index (Phi) is 7.96. The number of anilines is 1. The highest BCUT2D eigenvalue weighted by Crippen LogP contribution is 2.21. The van der Waals surface area contributed by atoms with Gasteiger partial charge in [-0.3, -0.25) is 9.10 Å². The highest BCUT2D eigenvalue weighted by atomic mass is 32.2. The molecular formula is C22H29N3O3S. The third-order valence-electron chi connectivity index (χ3n) is 4.53. The molecule has 0 atom stereocenters. The molecule has 7 heteroatoms. The van der Waals surface area contributed by atoms with Crippen molar-refractivity contribution in [2.24, 2.45) is 5.10 Å². The fraction of sp³-hybridized carbons (Fsp3) is 0.364. The van der Waals surface area contributed by atoms with Crippen molar-refractivity contribution >= 4 is 27.3 Å². The van der Waals surface area contributed by atoms with Gasteiger partial charge in [-0.2, -0.15) is 5.10 Å². The molecule has 156 valence electrons. The fourth-order valence-corrected chi connectivity index (χ4v) is 3.63. The summed E-state index contributed by atoms with van der Waals surface area (Å²) in [5.74, 6) is -0.144. The summed E-state index contributed by atoms with van der Waals surface area (Å²) in [6.45, 7) is 5.64. The summed E-state index contributed by atoms with van der Waals surface area (Å²) < 4.78 is 25.5. The lowest BCUT2D eigenvalue weighted by atomic mass is 10.0. The summed E-state index contributed by atoms with van der Waals surface area (Å²) in [5.41, 5.74) is 5.99. The quantitative estimate of drug-likeness (QED) is 0.501. The van der Waals surface area contributed by atoms with Crippen LogP contribution in [-0.2, 0) is 21.2 Å². The summed E-state index contributed by atoms with van der Waals surface area (Å²) in [5, 5.41) is 4.10. The Morgan fingerprint density at radius 1 is 1.07 bits per heavy atom. The maximum absolute atomic E-state index is 12.3. The molecule has 1 N–H and O–H groups in total. The van der Waals surface area contributed by atoms with E-state index in [9.17, 15) is 13.2 Å². The van der Waals surface area contributed by atoms with Crippen LogP contribution in [0.3, 0.4) is 0 Å². The molecule has 0 saturated heterocycles. The van der Waals surface area contributed by atoms with Crippen molar-refractivity contribution in [2.45, 2.75) is 39.5 Å². The van der Waals surface area contributed by atoms with Gasteiger partial charge >= 0.3 is 0 Å². The van der Waals surface area contributed by atoms with Gasteiger partial charge in [0.25, 0.3) is 5.91 Å². The number of nitrogens with one attached hydrogen (secondary N) is 1. The maximum atomic E-state index is 12.3. The van der Waals surface area contributed by atoms with E-state index in [0.717, 1.165) is 28.3 Å². The van der Waals surface area contributed by atoms with Gasteiger partial charge < -0.3 is 0 Å². The minimum absolute atomic E-state index is 0.324. The number of rotatable bonds is 9. The zero-order chi connectivity index (χ0) is 21.4. The van der Waals surface area contributed by atoms with E-state index in [2.05, 4.69) is 24.4 Å². The molecule has 0 heterocycles. The SMILES string of the molecule is C/C(CCc1ccccc1)=N/NC(=O)CN(c1ccc(C(C)C)cc1)S(C)(=O)=O. The largest absolute Gasteiger partial charge is 0.271 e. The monoisotopic (exact) mass is 415 g/mol. The van der Waals surface area contributed by atoms with Crippen molar-refractivity contribution in [3.05, 3.63) is 65.7 Å². The molecule has 29 heavy (non-hydrogen) atoms. The van der Waals surface area contributed by atoms with Crippen LogP contribution in [-0.4, -0.2) is 32.8 Å². The second-order valence-electron chi connectivity index (χ2n) is 7.38. The average molecular weight is 416 g/mol. The molecule has 0 bridgehead atoms. The van der Waals surface area contributed by atoms with Gasteiger partial charge in [-0.1, -0.05) is 56.3 Å². The molecule has 0 aliphatic carbocycles. The van der Waals surface area contributed by atoms with Crippen LogP contribution in [0.2, 0.25) is 0 Å². The molecule has 0 aromatic heterocycles. The van der Waals surface area contributed by atoms with Gasteiger partial charge in [-0.15, -0.1) is 0 Å². The van der Waals surface area contributed by atoms with Crippen LogP contribution in [0.1, 0.15) is 44.2 Å². The van der Waals surface area contributed by atoms with Crippen molar-refractivity contribution in [3.63, 3.8) is 0 Å². The van der Waals surface area contributed by atoms with Crippen LogP contribution >= 0.6 is 0 Å². The lowest BCUT2D eigenvalue weighted by Crippen LogP contribution is -2.39. The third-order valence-corrected chi connectivity index (χ3v) is 5.67. The van der Waals surface area contributed by atoms with E-state index in [0.29, 0.717) is 18.0 Å². The first-order valence-electron chi connectivity index (χ1n) is 9.60. The molecular weight excluding hydrogens is 386 g/mol. The van der Waals surface area contributed by atoms with E-state index < -0.39 is 15.9 Å². The van der Waals surface area contributed by atoms with E-state index in [-0.39, 0.29) is 6.54 Å². The number of hydrogen-bond donors (Lipinski definition) is 1. The minimum atomic E-state index is -3.61. The number of carbonyl (C=O) groups is 1. The van der Waals surface area contributed by atoms with Gasteiger partial charge in [0, 0.05) is 5.71 Å². The summed E-state index contributed by atoms with van der Waals surface area (Å²) in [6.07, 6.45) is 2.62. The lowest BCUT2D eigenvalue weighted by molar-refractivity contribution is -0.119. The number of carbonyl (C=O) groups excluding carboxylic acids is 1. The molecule has 0 radical (unpaired) electrons. The van der Waals surface area contributed by atoms with Gasteiger partial charge in [0.15, 0.2) is 0 Å². The zero-order valence-corrected chi connectivity index (χ0v) is 18.2. The summed E-state index contributed by atoms with van der Waals surface area (Å²) >= 11 is 0. The van der Waals surface area contributed by atoms with E-state index in [1.165, 1.54) is 5.56 Å². The van der Waals surface area contributed by atoms with E-state index in [1.807, 2.05) is 49.4 Å². The van der Waals surface area contributed by atoms with Crippen molar-refractivity contribution in [3.8, 4) is 0 Å². The van der Waals surface area contributed by atoms with Crippen LogP contribution in [0.25, 0.3) is 0 Å². The summed E-state index contributed by atoms with van der Waals surface area (Å²) in [6, 6.07) is 17.2. The van der Waals surface area contributed by atoms with Crippen LogP contribution in [0, 0.1) is 0 Å². The molecule has 2 aromatic rings. The second-order valence-corrected chi connectivity index (χ2v) is 9.29. The number of hydrazone groups is 1. The second kappa shape index (κ2) is 10.2. The molecule has 0 aliphatic heterocycles. The van der Waals surface area contributed by atoms with Crippen LogP contribution in [0.4, 0.5) is 5.69 Å². The third kappa shape index (κ3) is 7.34. The standard InChI is InChI=1S/C22H29N3O3S/c1-17(2)20-12-14-21(15-13-20)25(29(4,27)28)16-22(26)24-23-18(3)10-11-19-8-6-5-7-9-19/h5-9,12-15,17H,10-11,16H2,1-4H3,(H,24,26)/b23-18-. The lowest BCUT2D eigenvalue weighted by Gasteiger charge is -2.22. The molecule has 6 nitrogen and oxygen atoms in total. The number of sulfonamides is 1. The van der Waals surface area contributed by atoms with E-state index >= 15 is 0 Å². The van der Waals surface area contributed by atoms with Crippen LogP contribution in [0.5, 0.6) is 0 Å². The highest BCUT2D eigenvalue weighted by molar-refractivity contribution is 7.92. The molecule has 0 spiro atoms. The molecule has 0 aliphatic rings. The first kappa shape index (κ1) is 22.6. The van der Waals surface area contributed by atoms with Crippen LogP contribution in [0.15, 0.2) is 59.7 Å². The first-order valence-corrected chi connectivity index (χ1v) is 11.4. The number of benzene rings is 2. The minimum Gasteiger partial charge on any atom is -0.271 e. The normalized spacial score (nSPS) is 12.1. The number of aryl methyl sites for hydroxylation is 1. The van der Waals surface area contributed by atoms with Gasteiger partial charge in [0.05, 0.1) is 11.9 Å². The Balaban J connectivity index is 1.99. The fourth-order valence-electron chi connectivity index (χ4n) is 2.77. The van der Waals surface area contributed by atoms with Crippen molar-refractivity contribution < 1.29 is 13.2 Å². The summed E-state index contributed by atoms with van der Waals surface area (Å²) in [7, 11) is -3.61. The predicted octanol–water partition coefficient (Wildman–Crippen LogP) is 3.70. The maximum Gasteiger partial charge on any atom is 0.260 e. The average Bonchev–Trinajstić information content (AvgIpc) is 2.69. The highest BCUT2D eigenvalue weighted by Gasteiger charge is 2.20. The first-order chi connectivity index (χ1) is 13.7. The molecule has 1 amide bonds. The smallest absolute Gasteiger partial charge is 0.260 e. The molecule has 0 saturated carbocycles. The number of hydrogen-bond acceptors (Lipinski definition) is 4. The summed E-state index contributed by atoms with van der Waals surface area (Å²) in [4.78, 5) is 12.3. The predicted molar refractivity (Wildman–Crippen MR) is 119 cm³/mol. The van der Waals surface area contributed by atoms with Crippen molar-refractivity contribution in [2.75, 3.05) is 17.1 Å². The van der Waals surface area contributed by atoms with Gasteiger partial charge in [-0.05, 0) is 48.9 Å². The van der Waals surface area contributed by atoms with Gasteiger partial charge in [-0.25, -0.2) is 13.8 Å². The van der Waals surface area contributed by atoms with Crippen LogP contribution < -0.4 is 9.73 Å². The van der Waals surface area contributed by atoms with Crippen molar-refractivity contribution in [1.29, 1.82) is 0 Å². The zero-order valence-electron chi connectivity index (χ0n) is 17.4. The van der Waals surface area contributed by atoms with E-state index in [1.54, 1.807) is 12.1 Å². The Labute approximate surface area is 173 Å². The molecule has 0 fully saturated rings. The Bertz CT molecular complexity index is 937.